The maximum Gasteiger partial charge on any atom is 0.119 e. The molecule has 2 heteroatoms. The Kier molecular flexibility index (Phi) is 1.84. The van der Waals surface area contributed by atoms with Crippen LogP contribution < -0.4 is 10.5 Å². The lowest BCUT2D eigenvalue weighted by Gasteiger charge is -2.11. The van der Waals surface area contributed by atoms with E-state index in [1.54, 1.807) is 12.7 Å². The molecule has 0 aromatic heterocycles. The van der Waals surface area contributed by atoms with E-state index in [1.807, 2.05) is 0 Å². The molecule has 0 amide bonds. The monoisotopic (exact) mass is 203 g/mol. The predicted octanol–water partition coefficient (Wildman–Crippen LogP) is 1.86. The van der Waals surface area contributed by atoms with Crippen molar-refractivity contribution in [1.29, 1.82) is 0 Å². The summed E-state index contributed by atoms with van der Waals surface area (Å²) in [5, 5.41) is 0. The molecule has 1 spiro atoms. The molecule has 2 unspecified atom stereocenters. The molecule has 1 saturated carbocycles. The lowest BCUT2D eigenvalue weighted by molar-refractivity contribution is 0.414. The fourth-order valence-corrected chi connectivity index (χ4v) is 3.21. The normalized spacial score (nSPS) is 31.7. The van der Waals surface area contributed by atoms with E-state index in [4.69, 9.17) is 10.5 Å². The molecule has 1 fully saturated rings. The lowest BCUT2D eigenvalue weighted by atomic mass is 9.95. The van der Waals surface area contributed by atoms with Gasteiger partial charge in [0.05, 0.1) is 7.11 Å². The molecule has 1 aromatic rings. The topological polar surface area (TPSA) is 35.2 Å². The standard InChI is InChI=1S/C13H17NO/c1-15-11-2-3-12-9(6-11)4-5-13(12)7-10(13)8-14/h2-3,6,10H,4-5,7-8,14H2,1H3. The number of fused-ring (bicyclic) bond motifs is 2. The second-order valence-electron chi connectivity index (χ2n) is 4.82. The first-order valence-corrected chi connectivity index (χ1v) is 5.67. The lowest BCUT2D eigenvalue weighted by Crippen LogP contribution is -2.12. The summed E-state index contributed by atoms with van der Waals surface area (Å²) in [5.41, 5.74) is 9.25. The van der Waals surface area contributed by atoms with Crippen LogP contribution in [0.4, 0.5) is 0 Å². The van der Waals surface area contributed by atoms with Crippen LogP contribution in [0.1, 0.15) is 24.0 Å². The van der Waals surface area contributed by atoms with E-state index in [1.165, 1.54) is 24.8 Å². The zero-order valence-electron chi connectivity index (χ0n) is 9.12. The van der Waals surface area contributed by atoms with E-state index in [-0.39, 0.29) is 0 Å². The Morgan fingerprint density at radius 3 is 3.07 bits per heavy atom. The summed E-state index contributed by atoms with van der Waals surface area (Å²) < 4.78 is 5.26. The van der Waals surface area contributed by atoms with Crippen LogP contribution in [-0.2, 0) is 11.8 Å². The Hall–Kier alpha value is -1.02. The minimum atomic E-state index is 0.455. The highest BCUT2D eigenvalue weighted by atomic mass is 16.5. The van der Waals surface area contributed by atoms with E-state index >= 15 is 0 Å². The van der Waals surface area contributed by atoms with Crippen molar-refractivity contribution in [3.05, 3.63) is 29.3 Å². The van der Waals surface area contributed by atoms with Gasteiger partial charge in [-0.25, -0.2) is 0 Å². The van der Waals surface area contributed by atoms with Gasteiger partial charge in [0, 0.05) is 5.41 Å². The Balaban J connectivity index is 1.99. The number of benzene rings is 1. The third-order valence-electron chi connectivity index (χ3n) is 4.21. The fourth-order valence-electron chi connectivity index (χ4n) is 3.21. The predicted molar refractivity (Wildman–Crippen MR) is 60.2 cm³/mol. The largest absolute Gasteiger partial charge is 0.497 e. The first-order valence-electron chi connectivity index (χ1n) is 5.67. The minimum Gasteiger partial charge on any atom is -0.497 e. The van der Waals surface area contributed by atoms with Crippen LogP contribution in [0.25, 0.3) is 0 Å². The van der Waals surface area contributed by atoms with Crippen molar-refractivity contribution in [2.75, 3.05) is 13.7 Å². The highest BCUT2D eigenvalue weighted by Gasteiger charge is 2.56. The van der Waals surface area contributed by atoms with Crippen molar-refractivity contribution in [2.45, 2.75) is 24.7 Å². The smallest absolute Gasteiger partial charge is 0.119 e. The molecule has 2 aliphatic carbocycles. The van der Waals surface area contributed by atoms with Gasteiger partial charge in [-0.2, -0.15) is 0 Å². The maximum atomic E-state index is 5.78. The number of aryl methyl sites for hydroxylation is 1. The fraction of sp³-hybridized carbons (Fsp3) is 0.538. The molecule has 80 valence electrons. The molecule has 0 saturated heterocycles. The van der Waals surface area contributed by atoms with Crippen LogP contribution in [0, 0.1) is 5.92 Å². The van der Waals surface area contributed by atoms with Gasteiger partial charge in [-0.05, 0) is 55.0 Å². The third kappa shape index (κ3) is 1.14. The summed E-state index contributed by atoms with van der Waals surface area (Å²) in [5.74, 6) is 1.71. The van der Waals surface area contributed by atoms with Crippen LogP contribution in [0.2, 0.25) is 0 Å². The van der Waals surface area contributed by atoms with Crippen LogP contribution in [-0.4, -0.2) is 13.7 Å². The molecule has 0 bridgehead atoms. The molecule has 15 heavy (non-hydrogen) atoms. The Labute approximate surface area is 90.4 Å². The zero-order chi connectivity index (χ0) is 10.5. The van der Waals surface area contributed by atoms with E-state index < -0.39 is 0 Å². The average molecular weight is 203 g/mol. The highest BCUT2D eigenvalue weighted by molar-refractivity contribution is 5.48. The van der Waals surface area contributed by atoms with Crippen LogP contribution in [0.15, 0.2) is 18.2 Å². The van der Waals surface area contributed by atoms with Crippen molar-refractivity contribution in [1.82, 2.24) is 0 Å². The van der Waals surface area contributed by atoms with E-state index in [2.05, 4.69) is 18.2 Å². The number of rotatable bonds is 2. The van der Waals surface area contributed by atoms with Gasteiger partial charge in [-0.1, -0.05) is 6.07 Å². The minimum absolute atomic E-state index is 0.455. The number of nitrogens with two attached hydrogens (primary N) is 1. The number of ether oxygens (including phenoxy) is 1. The van der Waals surface area contributed by atoms with E-state index in [0.717, 1.165) is 18.2 Å². The number of methoxy groups -OCH3 is 1. The molecule has 2 aliphatic rings. The zero-order valence-corrected chi connectivity index (χ0v) is 9.12. The molecule has 1 aromatic carbocycles. The molecule has 0 radical (unpaired) electrons. The van der Waals surface area contributed by atoms with Gasteiger partial charge < -0.3 is 10.5 Å². The SMILES string of the molecule is COc1ccc2c(c1)CCC21CC1CN. The molecule has 2 nitrogen and oxygen atoms in total. The average Bonchev–Trinajstić information content (AvgIpc) is 2.88. The second-order valence-corrected chi connectivity index (χ2v) is 4.82. The quantitative estimate of drug-likeness (QED) is 0.796. The molecule has 3 rings (SSSR count). The van der Waals surface area contributed by atoms with Crippen LogP contribution in [0.5, 0.6) is 5.75 Å². The highest BCUT2D eigenvalue weighted by Crippen LogP contribution is 2.61. The maximum absolute atomic E-state index is 5.78. The molecule has 2 atom stereocenters. The Morgan fingerprint density at radius 2 is 2.40 bits per heavy atom. The molecule has 0 aliphatic heterocycles. The molecular formula is C13H17NO. The summed E-state index contributed by atoms with van der Waals surface area (Å²) >= 11 is 0. The summed E-state index contributed by atoms with van der Waals surface area (Å²) in [6.07, 6.45) is 3.78. The summed E-state index contributed by atoms with van der Waals surface area (Å²) in [4.78, 5) is 0. The Bertz CT molecular complexity index is 402. The van der Waals surface area contributed by atoms with Crippen LogP contribution >= 0.6 is 0 Å². The summed E-state index contributed by atoms with van der Waals surface area (Å²) in [6, 6.07) is 6.52. The molecule has 2 N–H and O–H groups in total. The van der Waals surface area contributed by atoms with Crippen molar-refractivity contribution < 1.29 is 4.74 Å². The van der Waals surface area contributed by atoms with Gasteiger partial charge in [0.25, 0.3) is 0 Å². The van der Waals surface area contributed by atoms with Crippen molar-refractivity contribution >= 4 is 0 Å². The summed E-state index contributed by atoms with van der Waals surface area (Å²) in [7, 11) is 1.73. The third-order valence-corrected chi connectivity index (χ3v) is 4.21. The van der Waals surface area contributed by atoms with Crippen LogP contribution in [0.3, 0.4) is 0 Å². The summed E-state index contributed by atoms with van der Waals surface area (Å²) in [6.45, 7) is 0.839. The first-order chi connectivity index (χ1) is 7.30. The van der Waals surface area contributed by atoms with E-state index in [9.17, 15) is 0 Å². The van der Waals surface area contributed by atoms with Gasteiger partial charge in [-0.15, -0.1) is 0 Å². The van der Waals surface area contributed by atoms with Gasteiger partial charge in [0.15, 0.2) is 0 Å². The van der Waals surface area contributed by atoms with Gasteiger partial charge >= 0.3 is 0 Å². The van der Waals surface area contributed by atoms with Gasteiger partial charge in [0.1, 0.15) is 5.75 Å². The second kappa shape index (κ2) is 2.99. The van der Waals surface area contributed by atoms with Crippen molar-refractivity contribution in [3.63, 3.8) is 0 Å². The number of hydrogen-bond donors (Lipinski definition) is 1. The number of hydrogen-bond acceptors (Lipinski definition) is 2. The Morgan fingerprint density at radius 1 is 1.53 bits per heavy atom. The van der Waals surface area contributed by atoms with Crippen molar-refractivity contribution in [2.24, 2.45) is 11.7 Å². The van der Waals surface area contributed by atoms with Gasteiger partial charge in [-0.3, -0.25) is 0 Å². The molecular weight excluding hydrogens is 186 g/mol. The first kappa shape index (κ1) is 9.22. The van der Waals surface area contributed by atoms with Gasteiger partial charge in [0.2, 0.25) is 0 Å². The molecule has 0 heterocycles. The van der Waals surface area contributed by atoms with Crippen molar-refractivity contribution in [3.8, 4) is 5.75 Å². The van der Waals surface area contributed by atoms with E-state index in [0.29, 0.717) is 5.41 Å².